The predicted octanol–water partition coefficient (Wildman–Crippen LogP) is 1.49. The second-order valence-corrected chi connectivity index (χ2v) is 1.26. The number of diazo groups is 2. The lowest BCUT2D eigenvalue weighted by atomic mass is 10.4. The first-order chi connectivity index (χ1) is 4.72. The number of hydrogen-bond donors (Lipinski definition) is 2. The molecule has 6 heteroatoms. The first kappa shape index (κ1) is 7.92. The summed E-state index contributed by atoms with van der Waals surface area (Å²) < 4.78 is 0. The van der Waals surface area contributed by atoms with Gasteiger partial charge in [-0.2, -0.15) is 0 Å². The molecule has 6 nitrogen and oxygen atoms in total. The molecule has 0 saturated carbocycles. The minimum Gasteiger partial charge on any atom is -0.499 e. The lowest BCUT2D eigenvalue weighted by Gasteiger charge is -1.81. The van der Waals surface area contributed by atoms with E-state index in [9.17, 15) is 0 Å². The maximum absolute atomic E-state index is 8.57. The third-order valence-corrected chi connectivity index (χ3v) is 0.622. The molecular formula is C4H4N4O2+2. The van der Waals surface area contributed by atoms with Crippen LogP contribution in [0.5, 0.6) is 0 Å². The van der Waals surface area contributed by atoms with Crippen LogP contribution in [0.3, 0.4) is 0 Å². The molecule has 0 amide bonds. The molecule has 0 bridgehead atoms. The average Bonchev–Trinajstić information content (AvgIpc) is 1.89. The molecule has 0 aliphatic rings. The quantitative estimate of drug-likeness (QED) is 0.327. The van der Waals surface area contributed by atoms with Crippen molar-refractivity contribution < 1.29 is 10.2 Å². The molecule has 0 aliphatic carbocycles. The van der Waals surface area contributed by atoms with E-state index >= 15 is 0 Å². The number of aliphatic hydroxyl groups excluding tert-OH is 2. The molecule has 0 aliphatic heterocycles. The Morgan fingerprint density at radius 1 is 1.00 bits per heavy atom. The predicted molar refractivity (Wildman–Crippen MR) is 31.6 cm³/mol. The zero-order valence-corrected chi connectivity index (χ0v) is 4.84. The van der Waals surface area contributed by atoms with Gasteiger partial charge in [0.05, 0.1) is 0 Å². The number of aliphatic hydroxyl groups is 2. The second kappa shape index (κ2) is 3.87. The van der Waals surface area contributed by atoms with Crippen molar-refractivity contribution in [3.63, 3.8) is 0 Å². The van der Waals surface area contributed by atoms with Gasteiger partial charge in [0.2, 0.25) is 10.8 Å². The largest absolute Gasteiger partial charge is 0.499 e. The molecule has 10 heavy (non-hydrogen) atoms. The van der Waals surface area contributed by atoms with Crippen LogP contribution in [0, 0.1) is 10.8 Å². The van der Waals surface area contributed by atoms with E-state index in [4.69, 9.17) is 21.0 Å². The van der Waals surface area contributed by atoms with Crippen LogP contribution in [0.4, 0.5) is 0 Å². The molecule has 0 atom stereocenters. The fourth-order valence-electron chi connectivity index (χ4n) is 0.242. The standard InChI is InChI=1S/C4H2N4O2/c5-7-1-3(9)4(10)2-8-6/h1-2H/p+2/b3-1-,4-2-. The maximum atomic E-state index is 8.57. The fraction of sp³-hybridized carbons (Fsp3) is 0. The normalized spacial score (nSPS) is 11.8. The molecule has 0 saturated heterocycles. The summed E-state index contributed by atoms with van der Waals surface area (Å²) in [4.78, 5) is 4.81. The Kier molecular flexibility index (Phi) is 3.06. The topological polar surface area (TPSA) is 96.8 Å². The molecule has 0 spiro atoms. The Bertz CT molecular complexity index is 225. The summed E-state index contributed by atoms with van der Waals surface area (Å²) in [5.41, 5.74) is 0. The molecule has 0 aromatic rings. The lowest BCUT2D eigenvalue weighted by molar-refractivity contribution is 0.326. The van der Waals surface area contributed by atoms with Gasteiger partial charge in [0.1, 0.15) is 0 Å². The van der Waals surface area contributed by atoms with Crippen LogP contribution in [-0.2, 0) is 0 Å². The molecule has 0 unspecified atom stereocenters. The molecule has 0 fully saturated rings. The summed E-state index contributed by atoms with van der Waals surface area (Å²) in [5, 5.41) is 32.8. The summed E-state index contributed by atoms with van der Waals surface area (Å²) in [6, 6.07) is 0. The highest BCUT2D eigenvalue weighted by Crippen LogP contribution is 2.01. The van der Waals surface area contributed by atoms with E-state index in [1.54, 1.807) is 0 Å². The molecule has 50 valence electrons. The Balaban J connectivity index is 4.43. The zero-order chi connectivity index (χ0) is 7.98. The van der Waals surface area contributed by atoms with Gasteiger partial charge in [-0.25, -0.2) is 0 Å². The number of rotatable bonds is 1. The summed E-state index contributed by atoms with van der Waals surface area (Å²) >= 11 is 0. The average molecular weight is 140 g/mol. The van der Waals surface area contributed by atoms with Gasteiger partial charge >= 0.3 is 12.4 Å². The number of hydrogen-bond acceptors (Lipinski definition) is 4. The Hall–Kier alpha value is -2.08. The van der Waals surface area contributed by atoms with Crippen molar-refractivity contribution in [2.24, 2.45) is 0 Å². The van der Waals surface area contributed by atoms with E-state index in [0.717, 1.165) is 0 Å². The van der Waals surface area contributed by atoms with Gasteiger partial charge in [-0.3, -0.25) is 0 Å². The van der Waals surface area contributed by atoms with Gasteiger partial charge in [-0.05, 0) is 0 Å². The van der Waals surface area contributed by atoms with E-state index in [0.29, 0.717) is 12.4 Å². The van der Waals surface area contributed by atoms with Crippen molar-refractivity contribution in [1.29, 1.82) is 10.8 Å². The molecule has 0 rings (SSSR count). The van der Waals surface area contributed by atoms with Crippen molar-refractivity contribution in [2.75, 3.05) is 0 Å². The van der Waals surface area contributed by atoms with Crippen molar-refractivity contribution in [3.8, 4) is 0 Å². The molecular weight excluding hydrogens is 136 g/mol. The van der Waals surface area contributed by atoms with Crippen molar-refractivity contribution in [3.05, 3.63) is 33.9 Å². The Labute approximate surface area is 56.0 Å². The van der Waals surface area contributed by atoms with Crippen LogP contribution < -0.4 is 0 Å². The SMILES string of the molecule is N#[N+]/C=C(O)/C(O)=C/[N+]#N. The van der Waals surface area contributed by atoms with Crippen molar-refractivity contribution in [1.82, 2.24) is 0 Å². The van der Waals surface area contributed by atoms with E-state index in [1.807, 2.05) is 0 Å². The molecule has 0 aromatic heterocycles. The van der Waals surface area contributed by atoms with Crippen molar-refractivity contribution >= 4 is 0 Å². The summed E-state index contributed by atoms with van der Waals surface area (Å²) in [6.45, 7) is 0. The van der Waals surface area contributed by atoms with Gasteiger partial charge in [0.15, 0.2) is 9.95 Å². The van der Waals surface area contributed by atoms with Crippen LogP contribution in [0.15, 0.2) is 23.9 Å². The van der Waals surface area contributed by atoms with E-state index < -0.39 is 11.5 Å². The number of nitrogens with zero attached hydrogens (tertiary/aromatic N) is 4. The fourth-order valence-corrected chi connectivity index (χ4v) is 0.242. The van der Waals surface area contributed by atoms with Gasteiger partial charge in [-0.15, -0.1) is 0 Å². The summed E-state index contributed by atoms with van der Waals surface area (Å²) in [6.07, 6.45) is 1.16. The maximum Gasteiger partial charge on any atom is 0.395 e. The van der Waals surface area contributed by atoms with Crippen LogP contribution >= 0.6 is 0 Å². The lowest BCUT2D eigenvalue weighted by Crippen LogP contribution is -1.83. The Morgan fingerprint density at radius 3 is 1.50 bits per heavy atom. The van der Waals surface area contributed by atoms with E-state index in [2.05, 4.69) is 9.95 Å². The highest BCUT2D eigenvalue weighted by molar-refractivity contribution is 5.20. The molecule has 2 N–H and O–H groups in total. The van der Waals surface area contributed by atoms with Gasteiger partial charge in [-0.1, -0.05) is 0 Å². The molecule has 0 heterocycles. The monoisotopic (exact) mass is 140 g/mol. The highest BCUT2D eigenvalue weighted by Gasteiger charge is 2.09. The Morgan fingerprint density at radius 2 is 1.30 bits per heavy atom. The smallest absolute Gasteiger partial charge is 0.395 e. The zero-order valence-electron chi connectivity index (χ0n) is 4.84. The van der Waals surface area contributed by atoms with Crippen LogP contribution in [0.1, 0.15) is 0 Å². The van der Waals surface area contributed by atoms with Gasteiger partial charge in [0, 0.05) is 0 Å². The molecule has 0 aromatic carbocycles. The van der Waals surface area contributed by atoms with Crippen molar-refractivity contribution in [2.45, 2.75) is 0 Å². The third-order valence-electron chi connectivity index (χ3n) is 0.622. The minimum atomic E-state index is -0.694. The van der Waals surface area contributed by atoms with Crippen LogP contribution in [0.25, 0.3) is 9.95 Å². The summed E-state index contributed by atoms with van der Waals surface area (Å²) in [7, 11) is 0. The summed E-state index contributed by atoms with van der Waals surface area (Å²) in [5.74, 6) is -1.39. The minimum absolute atomic E-state index is 0.580. The first-order valence-electron chi connectivity index (χ1n) is 2.19. The van der Waals surface area contributed by atoms with E-state index in [1.165, 1.54) is 0 Å². The van der Waals surface area contributed by atoms with Gasteiger partial charge in [0.25, 0.3) is 11.5 Å². The van der Waals surface area contributed by atoms with Gasteiger partial charge < -0.3 is 10.2 Å². The van der Waals surface area contributed by atoms with E-state index in [-0.39, 0.29) is 0 Å². The third kappa shape index (κ3) is 2.28. The highest BCUT2D eigenvalue weighted by atomic mass is 16.3. The second-order valence-electron chi connectivity index (χ2n) is 1.26. The van der Waals surface area contributed by atoms with Crippen LogP contribution in [0.2, 0.25) is 0 Å². The first-order valence-corrected chi connectivity index (χ1v) is 2.19. The molecule has 0 radical (unpaired) electrons. The van der Waals surface area contributed by atoms with Crippen LogP contribution in [-0.4, -0.2) is 10.2 Å².